The molecule has 0 unspecified atom stereocenters. The zero-order valence-corrected chi connectivity index (χ0v) is 13.6. The molecule has 0 amide bonds. The Balaban J connectivity index is 2.32. The van der Waals surface area contributed by atoms with Crippen molar-refractivity contribution >= 4 is 11.4 Å². The molecule has 2 aromatic rings. The van der Waals surface area contributed by atoms with Crippen LogP contribution in [0.4, 0.5) is 15.8 Å². The van der Waals surface area contributed by atoms with Crippen LogP contribution in [0.1, 0.15) is 5.56 Å². The number of benzene rings is 2. The van der Waals surface area contributed by atoms with Gasteiger partial charge in [0.25, 0.3) is 5.69 Å². The minimum atomic E-state index is -0.633. The lowest BCUT2D eigenvalue weighted by molar-refractivity contribution is -0.384. The Labute approximate surface area is 144 Å². The van der Waals surface area contributed by atoms with Crippen molar-refractivity contribution in [3.05, 3.63) is 64.0 Å². The standard InChI is InChI=1S/C17H19FN2O5/c1-25-17-7-2-12(8-16(17)18)9-19(15(10-21)11-22)13-3-5-14(6-4-13)20(23)24/h2-8,15,21-22H,9-11H2,1H3. The largest absolute Gasteiger partial charge is 0.494 e. The Morgan fingerprint density at radius 1 is 1.20 bits per heavy atom. The lowest BCUT2D eigenvalue weighted by atomic mass is 10.1. The molecule has 0 bridgehead atoms. The molecular weight excluding hydrogens is 331 g/mol. The molecule has 0 aliphatic carbocycles. The minimum absolute atomic E-state index is 0.0660. The van der Waals surface area contributed by atoms with Gasteiger partial charge in [-0.15, -0.1) is 0 Å². The zero-order chi connectivity index (χ0) is 18.4. The molecule has 25 heavy (non-hydrogen) atoms. The minimum Gasteiger partial charge on any atom is -0.494 e. The van der Waals surface area contributed by atoms with Crippen LogP contribution in [0.25, 0.3) is 0 Å². The van der Waals surface area contributed by atoms with E-state index in [4.69, 9.17) is 4.74 Å². The monoisotopic (exact) mass is 350 g/mol. The predicted molar refractivity (Wildman–Crippen MR) is 90.2 cm³/mol. The molecule has 0 spiro atoms. The van der Waals surface area contributed by atoms with E-state index in [0.29, 0.717) is 11.3 Å². The van der Waals surface area contributed by atoms with Crippen LogP contribution >= 0.6 is 0 Å². The van der Waals surface area contributed by atoms with Gasteiger partial charge in [0.2, 0.25) is 0 Å². The number of hydrogen-bond donors (Lipinski definition) is 2. The second kappa shape index (κ2) is 8.41. The summed E-state index contributed by atoms with van der Waals surface area (Å²) >= 11 is 0. The molecule has 0 aliphatic rings. The molecule has 8 heteroatoms. The van der Waals surface area contributed by atoms with Crippen molar-refractivity contribution in [2.75, 3.05) is 25.2 Å². The molecule has 2 N–H and O–H groups in total. The van der Waals surface area contributed by atoms with Crippen molar-refractivity contribution in [1.82, 2.24) is 0 Å². The summed E-state index contributed by atoms with van der Waals surface area (Å²) in [6, 6.07) is 9.56. The number of hydrogen-bond acceptors (Lipinski definition) is 6. The fraction of sp³-hybridized carbons (Fsp3) is 0.294. The molecular formula is C17H19FN2O5. The number of methoxy groups -OCH3 is 1. The van der Waals surface area contributed by atoms with Crippen LogP contribution in [0.15, 0.2) is 42.5 Å². The number of nitro benzene ring substituents is 1. The highest BCUT2D eigenvalue weighted by atomic mass is 19.1. The van der Waals surface area contributed by atoms with E-state index in [1.165, 1.54) is 43.5 Å². The van der Waals surface area contributed by atoms with E-state index in [1.54, 1.807) is 11.0 Å². The fourth-order valence-electron chi connectivity index (χ4n) is 2.46. The van der Waals surface area contributed by atoms with E-state index in [1.807, 2.05) is 0 Å². The molecule has 0 atom stereocenters. The lowest BCUT2D eigenvalue weighted by Gasteiger charge is -2.31. The van der Waals surface area contributed by atoms with E-state index < -0.39 is 16.8 Å². The molecule has 0 radical (unpaired) electrons. The zero-order valence-electron chi connectivity index (χ0n) is 13.6. The summed E-state index contributed by atoms with van der Waals surface area (Å²) in [5, 5.41) is 29.8. The average Bonchev–Trinajstić information content (AvgIpc) is 2.62. The molecule has 0 aliphatic heterocycles. The molecule has 0 saturated heterocycles. The van der Waals surface area contributed by atoms with Crippen molar-refractivity contribution in [3.63, 3.8) is 0 Å². The van der Waals surface area contributed by atoms with Gasteiger partial charge in [0.1, 0.15) is 0 Å². The van der Waals surface area contributed by atoms with Crippen LogP contribution in [-0.4, -0.2) is 41.5 Å². The molecule has 0 saturated carbocycles. The Hall–Kier alpha value is -2.71. The van der Waals surface area contributed by atoms with Gasteiger partial charge in [0.15, 0.2) is 11.6 Å². The Morgan fingerprint density at radius 3 is 2.32 bits per heavy atom. The van der Waals surface area contributed by atoms with Crippen LogP contribution < -0.4 is 9.64 Å². The molecule has 7 nitrogen and oxygen atoms in total. The van der Waals surface area contributed by atoms with Crippen molar-refractivity contribution in [2.45, 2.75) is 12.6 Å². The average molecular weight is 350 g/mol. The lowest BCUT2D eigenvalue weighted by Crippen LogP contribution is -2.40. The first kappa shape index (κ1) is 18.6. The summed E-state index contributed by atoms with van der Waals surface area (Å²) < 4.78 is 18.8. The second-order valence-electron chi connectivity index (χ2n) is 5.39. The highest BCUT2D eigenvalue weighted by Crippen LogP contribution is 2.25. The number of aliphatic hydroxyl groups excluding tert-OH is 2. The molecule has 134 valence electrons. The number of rotatable bonds is 8. The van der Waals surface area contributed by atoms with Gasteiger partial charge in [-0.2, -0.15) is 0 Å². The highest BCUT2D eigenvalue weighted by molar-refractivity contribution is 5.52. The van der Waals surface area contributed by atoms with Crippen molar-refractivity contribution < 1.29 is 24.3 Å². The summed E-state index contributed by atoms with van der Waals surface area (Å²) in [6.07, 6.45) is 0. The van der Waals surface area contributed by atoms with Gasteiger partial charge in [0, 0.05) is 24.4 Å². The molecule has 0 aromatic heterocycles. The van der Waals surface area contributed by atoms with Gasteiger partial charge in [-0.1, -0.05) is 6.07 Å². The number of anilines is 1. The summed E-state index contributed by atoms with van der Waals surface area (Å²) in [5.41, 5.74) is 1.10. The summed E-state index contributed by atoms with van der Waals surface area (Å²) in [4.78, 5) is 11.9. The van der Waals surface area contributed by atoms with Crippen LogP contribution in [0.3, 0.4) is 0 Å². The normalized spacial score (nSPS) is 10.8. The number of non-ortho nitro benzene ring substituents is 1. The van der Waals surface area contributed by atoms with Crippen molar-refractivity contribution in [2.24, 2.45) is 0 Å². The third-order valence-electron chi connectivity index (χ3n) is 3.82. The number of nitro groups is 1. The van der Waals surface area contributed by atoms with Gasteiger partial charge in [0.05, 0.1) is 31.3 Å². The first-order chi connectivity index (χ1) is 12.0. The van der Waals surface area contributed by atoms with Crippen LogP contribution in [-0.2, 0) is 6.54 Å². The first-order valence-electron chi connectivity index (χ1n) is 7.55. The van der Waals surface area contributed by atoms with Crippen LogP contribution in [0, 0.1) is 15.9 Å². The number of halogens is 1. The highest BCUT2D eigenvalue weighted by Gasteiger charge is 2.19. The van der Waals surface area contributed by atoms with E-state index >= 15 is 0 Å². The van der Waals surface area contributed by atoms with Gasteiger partial charge in [-0.3, -0.25) is 10.1 Å². The SMILES string of the molecule is COc1ccc(CN(c2ccc([N+](=O)[O-])cc2)C(CO)CO)cc1F. The molecule has 0 fully saturated rings. The maximum atomic E-state index is 13.9. The van der Waals surface area contributed by atoms with Gasteiger partial charge >= 0.3 is 0 Å². The fourth-order valence-corrected chi connectivity index (χ4v) is 2.46. The maximum absolute atomic E-state index is 13.9. The third kappa shape index (κ3) is 4.43. The quantitative estimate of drug-likeness (QED) is 0.559. The van der Waals surface area contributed by atoms with Gasteiger partial charge < -0.3 is 19.8 Å². The summed E-state index contributed by atoms with van der Waals surface area (Å²) in [5.74, 6) is -0.403. The number of nitrogens with zero attached hydrogens (tertiary/aromatic N) is 2. The Morgan fingerprint density at radius 2 is 1.84 bits per heavy atom. The Kier molecular flexibility index (Phi) is 6.26. The van der Waals surface area contributed by atoms with Crippen LogP contribution in [0.5, 0.6) is 5.75 Å². The molecule has 0 heterocycles. The van der Waals surface area contributed by atoms with E-state index in [2.05, 4.69) is 0 Å². The van der Waals surface area contributed by atoms with E-state index in [-0.39, 0.29) is 31.2 Å². The topological polar surface area (TPSA) is 96.1 Å². The Bertz CT molecular complexity index is 719. The van der Waals surface area contributed by atoms with Crippen LogP contribution in [0.2, 0.25) is 0 Å². The molecule has 2 aromatic carbocycles. The maximum Gasteiger partial charge on any atom is 0.269 e. The predicted octanol–water partition coefficient (Wildman–Crippen LogP) is 2.10. The van der Waals surface area contributed by atoms with E-state index in [0.717, 1.165) is 0 Å². The van der Waals surface area contributed by atoms with Crippen molar-refractivity contribution in [1.29, 1.82) is 0 Å². The van der Waals surface area contributed by atoms with Crippen molar-refractivity contribution in [3.8, 4) is 5.75 Å². The third-order valence-corrected chi connectivity index (χ3v) is 3.82. The second-order valence-corrected chi connectivity index (χ2v) is 5.39. The summed E-state index contributed by atoms with van der Waals surface area (Å²) in [6.45, 7) is -0.456. The molecule has 2 rings (SSSR count). The van der Waals surface area contributed by atoms with Gasteiger partial charge in [-0.25, -0.2) is 4.39 Å². The number of aliphatic hydroxyl groups is 2. The summed E-state index contributed by atoms with van der Waals surface area (Å²) in [7, 11) is 1.37. The smallest absolute Gasteiger partial charge is 0.269 e. The van der Waals surface area contributed by atoms with Gasteiger partial charge in [-0.05, 0) is 29.8 Å². The number of ether oxygens (including phenoxy) is 1. The first-order valence-corrected chi connectivity index (χ1v) is 7.55. The van der Waals surface area contributed by atoms with E-state index in [9.17, 15) is 24.7 Å².